The van der Waals surface area contributed by atoms with Crippen molar-refractivity contribution in [3.63, 3.8) is 0 Å². The first-order chi connectivity index (χ1) is 14.8. The zero-order chi connectivity index (χ0) is 22.1. The summed E-state index contributed by atoms with van der Waals surface area (Å²) in [6, 6.07) is 13.0. The van der Waals surface area contributed by atoms with Crippen molar-refractivity contribution in [1.29, 1.82) is 0 Å². The lowest BCUT2D eigenvalue weighted by molar-refractivity contribution is -0.121. The Morgan fingerprint density at radius 2 is 1.97 bits per heavy atom. The van der Waals surface area contributed by atoms with Crippen LogP contribution >= 0.6 is 11.6 Å². The number of rotatable bonds is 4. The lowest BCUT2D eigenvalue weighted by atomic mass is 9.86. The molecule has 4 rings (SSSR count). The van der Waals surface area contributed by atoms with E-state index in [4.69, 9.17) is 11.6 Å². The molecule has 3 aromatic rings. The largest absolute Gasteiger partial charge is 0.332 e. The Morgan fingerprint density at radius 1 is 1.23 bits per heavy atom. The van der Waals surface area contributed by atoms with E-state index in [0.29, 0.717) is 21.8 Å². The zero-order valence-electron chi connectivity index (χ0n) is 16.9. The lowest BCUT2D eigenvalue weighted by Crippen LogP contribution is -2.32. The molecule has 1 unspecified atom stereocenters. The maximum Gasteiger partial charge on any atom is 0.253 e. The predicted molar refractivity (Wildman–Crippen MR) is 117 cm³/mol. The van der Waals surface area contributed by atoms with E-state index >= 15 is 0 Å². The predicted octanol–water partition coefficient (Wildman–Crippen LogP) is 4.31. The molecule has 0 spiro atoms. The van der Waals surface area contributed by atoms with Gasteiger partial charge in [0.25, 0.3) is 5.91 Å². The van der Waals surface area contributed by atoms with Gasteiger partial charge in [-0.1, -0.05) is 29.8 Å². The minimum atomic E-state index is -0.491. The van der Waals surface area contributed by atoms with Crippen molar-refractivity contribution >= 4 is 29.1 Å². The van der Waals surface area contributed by atoms with Gasteiger partial charge in [-0.2, -0.15) is 5.10 Å². The number of anilines is 1. The van der Waals surface area contributed by atoms with Crippen LogP contribution in [0.1, 0.15) is 23.6 Å². The van der Waals surface area contributed by atoms with E-state index in [-0.39, 0.29) is 18.1 Å². The molecular formula is C23H20ClFN4O2. The summed E-state index contributed by atoms with van der Waals surface area (Å²) in [4.78, 5) is 25.0. The van der Waals surface area contributed by atoms with Crippen LogP contribution in [-0.4, -0.2) is 21.6 Å². The Labute approximate surface area is 183 Å². The molecule has 0 saturated carbocycles. The van der Waals surface area contributed by atoms with E-state index in [1.165, 1.54) is 18.3 Å². The number of amides is 2. The van der Waals surface area contributed by atoms with Crippen LogP contribution in [0.15, 0.2) is 60.3 Å². The van der Waals surface area contributed by atoms with Gasteiger partial charge in [0.15, 0.2) is 0 Å². The van der Waals surface area contributed by atoms with E-state index in [0.717, 1.165) is 17.0 Å². The van der Waals surface area contributed by atoms with E-state index in [9.17, 15) is 14.0 Å². The standard InChI is InChI=1S/C23H20ClFN4O2/c1-13-9-20(28-29(13)2)15-5-8-19(24)21(10-15)27-23(31)18-12-26-22(30)11-17(18)14-3-6-16(25)7-4-14/h3-10,12,17H,11H2,1-2H3,(H,26,30)(H,27,31). The number of carbonyl (C=O) groups excluding carboxylic acids is 2. The fourth-order valence-corrected chi connectivity index (χ4v) is 3.67. The monoisotopic (exact) mass is 438 g/mol. The number of halogens is 2. The maximum absolute atomic E-state index is 13.3. The number of nitrogens with zero attached hydrogens (tertiary/aromatic N) is 2. The number of benzene rings is 2. The zero-order valence-corrected chi connectivity index (χ0v) is 17.7. The number of aryl methyl sites for hydroxylation is 2. The molecule has 1 aromatic heterocycles. The van der Waals surface area contributed by atoms with Gasteiger partial charge in [0, 0.05) is 42.4 Å². The summed E-state index contributed by atoms with van der Waals surface area (Å²) in [5.41, 5.74) is 4.05. The Hall–Kier alpha value is -3.45. The minimum absolute atomic E-state index is 0.0892. The van der Waals surface area contributed by atoms with Crippen LogP contribution in [0.2, 0.25) is 5.02 Å². The molecule has 8 heteroatoms. The molecule has 2 heterocycles. The van der Waals surface area contributed by atoms with Crippen molar-refractivity contribution in [1.82, 2.24) is 15.1 Å². The molecule has 2 amide bonds. The molecule has 0 aliphatic carbocycles. The summed E-state index contributed by atoms with van der Waals surface area (Å²) in [6.07, 6.45) is 1.49. The highest BCUT2D eigenvalue weighted by Gasteiger charge is 2.29. The second kappa shape index (κ2) is 8.35. The van der Waals surface area contributed by atoms with Crippen molar-refractivity contribution in [3.8, 4) is 11.3 Å². The van der Waals surface area contributed by atoms with E-state index in [2.05, 4.69) is 15.7 Å². The summed E-state index contributed by atoms with van der Waals surface area (Å²) < 4.78 is 15.1. The van der Waals surface area contributed by atoms with Crippen LogP contribution in [0.25, 0.3) is 11.3 Å². The molecule has 0 saturated heterocycles. The van der Waals surface area contributed by atoms with E-state index in [1.807, 2.05) is 26.1 Å². The average Bonchev–Trinajstić information content (AvgIpc) is 3.08. The van der Waals surface area contributed by atoms with E-state index in [1.54, 1.807) is 28.9 Å². The van der Waals surface area contributed by atoms with Crippen LogP contribution in [0.4, 0.5) is 10.1 Å². The number of nitrogens with one attached hydrogen (secondary N) is 2. The number of hydrogen-bond donors (Lipinski definition) is 2. The molecule has 2 N–H and O–H groups in total. The topological polar surface area (TPSA) is 76.0 Å². The molecule has 0 fully saturated rings. The van der Waals surface area contributed by atoms with Crippen molar-refractivity contribution in [2.75, 3.05) is 5.32 Å². The molecule has 1 aliphatic rings. The Bertz CT molecular complexity index is 1180. The molecule has 0 bridgehead atoms. The van der Waals surface area contributed by atoms with Crippen LogP contribution in [0.5, 0.6) is 0 Å². The first-order valence-electron chi connectivity index (χ1n) is 9.68. The number of aromatic nitrogens is 2. The fourth-order valence-electron chi connectivity index (χ4n) is 3.51. The highest BCUT2D eigenvalue weighted by molar-refractivity contribution is 6.34. The summed E-state index contributed by atoms with van der Waals surface area (Å²) >= 11 is 6.33. The third-order valence-electron chi connectivity index (χ3n) is 5.31. The first-order valence-corrected chi connectivity index (χ1v) is 10.1. The molecule has 1 aliphatic heterocycles. The molecule has 158 valence electrons. The summed E-state index contributed by atoms with van der Waals surface area (Å²) in [6.45, 7) is 1.95. The quantitative estimate of drug-likeness (QED) is 0.637. The smallest absolute Gasteiger partial charge is 0.253 e. The fraction of sp³-hybridized carbons (Fsp3) is 0.174. The SMILES string of the molecule is Cc1cc(-c2ccc(Cl)c(NC(=O)C3=CNC(=O)CC3c3ccc(F)cc3)c2)nn1C. The Morgan fingerprint density at radius 3 is 2.65 bits per heavy atom. The van der Waals surface area contributed by atoms with Gasteiger partial charge in [0.1, 0.15) is 5.82 Å². The average molecular weight is 439 g/mol. The lowest BCUT2D eigenvalue weighted by Gasteiger charge is -2.24. The summed E-state index contributed by atoms with van der Waals surface area (Å²) in [7, 11) is 1.86. The summed E-state index contributed by atoms with van der Waals surface area (Å²) in [5.74, 6) is -1.48. The van der Waals surface area contributed by atoms with Gasteiger partial charge in [-0.25, -0.2) is 4.39 Å². The van der Waals surface area contributed by atoms with Gasteiger partial charge in [0.2, 0.25) is 5.91 Å². The van der Waals surface area contributed by atoms with Crippen LogP contribution in [0, 0.1) is 12.7 Å². The van der Waals surface area contributed by atoms with Crippen molar-refractivity contribution in [2.24, 2.45) is 7.05 Å². The van der Waals surface area contributed by atoms with Crippen molar-refractivity contribution < 1.29 is 14.0 Å². The first kappa shape index (κ1) is 20.8. The molecule has 1 atom stereocenters. The van der Waals surface area contributed by atoms with Crippen molar-refractivity contribution in [2.45, 2.75) is 19.3 Å². The molecule has 6 nitrogen and oxygen atoms in total. The van der Waals surface area contributed by atoms with E-state index < -0.39 is 11.8 Å². The van der Waals surface area contributed by atoms with Crippen LogP contribution in [-0.2, 0) is 16.6 Å². The van der Waals surface area contributed by atoms with Gasteiger partial charge < -0.3 is 10.6 Å². The summed E-state index contributed by atoms with van der Waals surface area (Å²) in [5, 5.41) is 10.3. The van der Waals surface area contributed by atoms with Gasteiger partial charge >= 0.3 is 0 Å². The molecular weight excluding hydrogens is 419 g/mol. The maximum atomic E-state index is 13.3. The van der Waals surface area contributed by atoms with Crippen LogP contribution < -0.4 is 10.6 Å². The Kier molecular flexibility index (Phi) is 5.61. The second-order valence-electron chi connectivity index (χ2n) is 7.42. The highest BCUT2D eigenvalue weighted by atomic mass is 35.5. The van der Waals surface area contributed by atoms with Gasteiger partial charge in [-0.15, -0.1) is 0 Å². The van der Waals surface area contributed by atoms with Gasteiger partial charge in [0.05, 0.1) is 16.4 Å². The minimum Gasteiger partial charge on any atom is -0.332 e. The third-order valence-corrected chi connectivity index (χ3v) is 5.64. The normalized spacial score (nSPS) is 15.9. The van der Waals surface area contributed by atoms with Gasteiger partial charge in [-0.05, 0) is 42.8 Å². The molecule has 0 radical (unpaired) electrons. The molecule has 2 aromatic carbocycles. The van der Waals surface area contributed by atoms with Crippen LogP contribution in [0.3, 0.4) is 0 Å². The number of hydrogen-bond acceptors (Lipinski definition) is 3. The van der Waals surface area contributed by atoms with Crippen molar-refractivity contribution in [3.05, 3.63) is 82.4 Å². The second-order valence-corrected chi connectivity index (χ2v) is 7.83. The van der Waals surface area contributed by atoms with Gasteiger partial charge in [-0.3, -0.25) is 14.3 Å². The molecule has 31 heavy (non-hydrogen) atoms. The third kappa shape index (κ3) is 4.36. The highest BCUT2D eigenvalue weighted by Crippen LogP contribution is 2.33. The number of carbonyl (C=O) groups is 2. The Balaban J connectivity index is 1.62.